The highest BCUT2D eigenvalue weighted by atomic mass is 32.2. The molecule has 2 N–H and O–H groups in total. The molecule has 0 radical (unpaired) electrons. The number of ether oxygens (including phenoxy) is 2. The van der Waals surface area contributed by atoms with Crippen molar-refractivity contribution in [3.63, 3.8) is 0 Å². The first-order valence-electron chi connectivity index (χ1n) is 10.7. The second kappa shape index (κ2) is 9.59. The Balaban J connectivity index is 1.60. The van der Waals surface area contributed by atoms with Crippen LogP contribution in [0.1, 0.15) is 34.8 Å². The summed E-state index contributed by atoms with van der Waals surface area (Å²) in [6.45, 7) is 3.45. The summed E-state index contributed by atoms with van der Waals surface area (Å²) >= 11 is 0. The number of esters is 1. The van der Waals surface area contributed by atoms with Crippen LogP contribution in [0.2, 0.25) is 0 Å². The molecule has 3 aromatic carbocycles. The van der Waals surface area contributed by atoms with Crippen LogP contribution in [0.5, 0.6) is 5.75 Å². The normalized spacial score (nSPS) is 12.2. The number of nitrogens with zero attached hydrogens (tertiary/aromatic N) is 1. The molecule has 0 aliphatic rings. The summed E-state index contributed by atoms with van der Waals surface area (Å²) in [5, 5.41) is 0.417. The van der Waals surface area contributed by atoms with E-state index in [2.05, 4.69) is 14.7 Å². The third-order valence-corrected chi connectivity index (χ3v) is 6.70. The predicted octanol–water partition coefficient (Wildman–Crippen LogP) is 3.96. The summed E-state index contributed by atoms with van der Waals surface area (Å²) < 4.78 is 39.3. The predicted molar refractivity (Wildman–Crippen MR) is 131 cm³/mol. The van der Waals surface area contributed by atoms with Crippen molar-refractivity contribution in [1.29, 1.82) is 0 Å². The Bertz CT molecular complexity index is 1560. The summed E-state index contributed by atoms with van der Waals surface area (Å²) in [6, 6.07) is 17.6. The lowest BCUT2D eigenvalue weighted by Crippen LogP contribution is -2.18. The molecule has 0 aliphatic heterocycles. The topological polar surface area (TPSA) is 127 Å². The minimum atomic E-state index is -4.08. The van der Waals surface area contributed by atoms with Gasteiger partial charge in [0.25, 0.3) is 15.6 Å². The number of nitrogens with one attached hydrogen (secondary N) is 2. The minimum Gasteiger partial charge on any atom is -0.495 e. The molecule has 0 spiro atoms. The second-order valence-corrected chi connectivity index (χ2v) is 9.50. The van der Waals surface area contributed by atoms with E-state index in [0.717, 1.165) is 5.56 Å². The number of fused-ring (bicyclic) bond motifs is 1. The lowest BCUT2D eigenvalue weighted by molar-refractivity contribution is 0.0319. The lowest BCUT2D eigenvalue weighted by atomic mass is 10.2. The molecular weight excluding hydrogens is 470 g/mol. The molecule has 1 atom stereocenters. The lowest BCUT2D eigenvalue weighted by Gasteiger charge is -2.15. The van der Waals surface area contributed by atoms with Gasteiger partial charge in [0, 0.05) is 5.69 Å². The number of anilines is 1. The molecule has 0 saturated heterocycles. The number of benzene rings is 3. The molecule has 35 heavy (non-hydrogen) atoms. The van der Waals surface area contributed by atoms with Crippen molar-refractivity contribution in [2.75, 3.05) is 11.8 Å². The maximum Gasteiger partial charge on any atom is 0.338 e. The summed E-state index contributed by atoms with van der Waals surface area (Å²) in [7, 11) is -2.74. The molecule has 1 unspecified atom stereocenters. The molecule has 180 valence electrons. The van der Waals surface area contributed by atoms with Crippen molar-refractivity contribution < 1.29 is 22.7 Å². The number of carbonyl (C=O) groups is 1. The number of aryl methyl sites for hydroxylation is 1. The number of hydrogen-bond acceptors (Lipinski definition) is 7. The highest BCUT2D eigenvalue weighted by Crippen LogP contribution is 2.28. The van der Waals surface area contributed by atoms with Crippen LogP contribution in [0.4, 0.5) is 5.69 Å². The van der Waals surface area contributed by atoms with Crippen molar-refractivity contribution in [1.82, 2.24) is 9.97 Å². The Morgan fingerprint density at radius 3 is 2.49 bits per heavy atom. The van der Waals surface area contributed by atoms with Gasteiger partial charge in [-0.15, -0.1) is 0 Å². The Morgan fingerprint density at radius 1 is 1.06 bits per heavy atom. The van der Waals surface area contributed by atoms with Crippen LogP contribution in [-0.4, -0.2) is 31.5 Å². The molecule has 10 heteroatoms. The van der Waals surface area contributed by atoms with Crippen molar-refractivity contribution in [2.24, 2.45) is 0 Å². The molecule has 0 aliphatic carbocycles. The van der Waals surface area contributed by atoms with E-state index < -0.39 is 22.1 Å². The Labute approximate surface area is 201 Å². The summed E-state index contributed by atoms with van der Waals surface area (Å²) in [5.74, 6) is -0.554. The average molecular weight is 494 g/mol. The van der Waals surface area contributed by atoms with Gasteiger partial charge in [0.15, 0.2) is 11.9 Å². The van der Waals surface area contributed by atoms with E-state index in [1.807, 2.05) is 6.92 Å². The molecule has 0 fully saturated rings. The van der Waals surface area contributed by atoms with Gasteiger partial charge in [-0.3, -0.25) is 9.52 Å². The van der Waals surface area contributed by atoms with E-state index in [4.69, 9.17) is 9.47 Å². The molecule has 0 amide bonds. The molecule has 0 saturated carbocycles. The zero-order valence-corrected chi connectivity index (χ0v) is 20.0. The van der Waals surface area contributed by atoms with Crippen LogP contribution in [-0.2, 0) is 14.8 Å². The van der Waals surface area contributed by atoms with Gasteiger partial charge < -0.3 is 14.5 Å². The molecule has 4 rings (SSSR count). The van der Waals surface area contributed by atoms with Crippen molar-refractivity contribution >= 4 is 32.6 Å². The van der Waals surface area contributed by atoms with E-state index in [-0.39, 0.29) is 27.6 Å². The van der Waals surface area contributed by atoms with Gasteiger partial charge in [0.05, 0.1) is 23.6 Å². The Kier molecular flexibility index (Phi) is 6.57. The van der Waals surface area contributed by atoms with Gasteiger partial charge in [0.2, 0.25) is 0 Å². The highest BCUT2D eigenvalue weighted by Gasteiger charge is 2.24. The number of carbonyl (C=O) groups excluding carboxylic acids is 1. The number of para-hydroxylation sites is 1. The fraction of sp³-hybridized carbons (Fsp3) is 0.160. The first-order chi connectivity index (χ1) is 16.7. The van der Waals surface area contributed by atoms with Gasteiger partial charge in [0.1, 0.15) is 10.6 Å². The molecule has 1 aromatic heterocycles. The second-order valence-electron chi connectivity index (χ2n) is 7.85. The van der Waals surface area contributed by atoms with Crippen LogP contribution >= 0.6 is 0 Å². The highest BCUT2D eigenvalue weighted by molar-refractivity contribution is 7.92. The minimum absolute atomic E-state index is 0.00920. The average Bonchev–Trinajstić information content (AvgIpc) is 2.84. The van der Waals surface area contributed by atoms with Crippen molar-refractivity contribution in [3.05, 3.63) is 94.0 Å². The van der Waals surface area contributed by atoms with E-state index in [0.29, 0.717) is 16.6 Å². The number of H-pyrrole nitrogens is 1. The van der Waals surface area contributed by atoms with Crippen LogP contribution in [0.25, 0.3) is 10.9 Å². The fourth-order valence-corrected chi connectivity index (χ4v) is 4.68. The molecular formula is C25H23N3O6S. The third kappa shape index (κ3) is 5.17. The van der Waals surface area contributed by atoms with Crippen LogP contribution in [0.3, 0.4) is 0 Å². The van der Waals surface area contributed by atoms with Crippen molar-refractivity contribution in [3.8, 4) is 5.75 Å². The standard InChI is InChI=1S/C25H23N3O6S/c1-15-8-11-18(12-9-15)28-35(31,32)22-14-17(10-13-21(22)33-3)25(30)34-16(2)23-26-20-7-5-4-6-19(20)24(29)27-23/h4-14,16,28H,1-3H3,(H,26,27,29). The maximum absolute atomic E-state index is 13.1. The number of methoxy groups -OCH3 is 1. The zero-order chi connectivity index (χ0) is 25.2. The largest absolute Gasteiger partial charge is 0.495 e. The Hall–Kier alpha value is -4.18. The molecule has 1 heterocycles. The first kappa shape index (κ1) is 24.0. The number of hydrogen-bond donors (Lipinski definition) is 2. The van der Waals surface area contributed by atoms with E-state index in [9.17, 15) is 18.0 Å². The monoisotopic (exact) mass is 493 g/mol. The number of rotatable bonds is 7. The summed E-state index contributed by atoms with van der Waals surface area (Å²) in [6.07, 6.45) is -0.896. The zero-order valence-electron chi connectivity index (χ0n) is 19.2. The quantitative estimate of drug-likeness (QED) is 0.373. The SMILES string of the molecule is COc1ccc(C(=O)OC(C)c2nc3ccccc3c(=O)[nH]2)cc1S(=O)(=O)Nc1ccc(C)cc1. The van der Waals surface area contributed by atoms with Gasteiger partial charge in [-0.25, -0.2) is 18.2 Å². The van der Waals surface area contributed by atoms with E-state index >= 15 is 0 Å². The number of sulfonamides is 1. The smallest absolute Gasteiger partial charge is 0.338 e. The van der Waals surface area contributed by atoms with Gasteiger partial charge in [-0.05, 0) is 56.3 Å². The van der Waals surface area contributed by atoms with Gasteiger partial charge in [-0.1, -0.05) is 29.8 Å². The van der Waals surface area contributed by atoms with Gasteiger partial charge in [-0.2, -0.15) is 0 Å². The van der Waals surface area contributed by atoms with Crippen LogP contribution < -0.4 is 15.0 Å². The summed E-state index contributed by atoms with van der Waals surface area (Å²) in [5.41, 5.74) is 1.45. The molecule has 9 nitrogen and oxygen atoms in total. The fourth-order valence-electron chi connectivity index (χ4n) is 3.43. The number of aromatic amines is 1. The van der Waals surface area contributed by atoms with E-state index in [1.165, 1.54) is 25.3 Å². The summed E-state index contributed by atoms with van der Waals surface area (Å²) in [4.78, 5) is 31.9. The van der Waals surface area contributed by atoms with Crippen LogP contribution in [0.15, 0.2) is 76.4 Å². The van der Waals surface area contributed by atoms with Crippen molar-refractivity contribution in [2.45, 2.75) is 24.8 Å². The third-order valence-electron chi connectivity index (χ3n) is 5.29. The Morgan fingerprint density at radius 2 is 1.77 bits per heavy atom. The van der Waals surface area contributed by atoms with E-state index in [1.54, 1.807) is 55.5 Å². The van der Waals surface area contributed by atoms with Gasteiger partial charge >= 0.3 is 5.97 Å². The van der Waals surface area contributed by atoms with Crippen LogP contribution in [0, 0.1) is 6.92 Å². The molecule has 4 aromatic rings. The maximum atomic E-state index is 13.1. The number of aromatic nitrogens is 2. The first-order valence-corrected chi connectivity index (χ1v) is 12.1. The molecule has 0 bridgehead atoms.